The van der Waals surface area contributed by atoms with Crippen molar-refractivity contribution in [2.24, 2.45) is 0 Å². The summed E-state index contributed by atoms with van der Waals surface area (Å²) >= 11 is 0. The number of amides is 1. The van der Waals surface area contributed by atoms with Crippen LogP contribution in [0, 0.1) is 24.0 Å². The molecule has 0 bridgehead atoms. The normalized spacial score (nSPS) is 12.0. The van der Waals surface area contributed by atoms with Gasteiger partial charge >= 0.3 is 12.1 Å². The van der Waals surface area contributed by atoms with Crippen LogP contribution in [0.1, 0.15) is 43.0 Å². The molecule has 32 heavy (non-hydrogen) atoms. The van der Waals surface area contributed by atoms with E-state index in [0.717, 1.165) is 22.3 Å². The van der Waals surface area contributed by atoms with Crippen LogP contribution in [0.5, 0.6) is 5.75 Å². The molecule has 9 nitrogen and oxygen atoms in total. The van der Waals surface area contributed by atoms with Crippen LogP contribution >= 0.6 is 0 Å². The molecule has 2 N–H and O–H groups in total. The van der Waals surface area contributed by atoms with Crippen LogP contribution in [-0.4, -0.2) is 33.7 Å². The van der Waals surface area contributed by atoms with Gasteiger partial charge < -0.3 is 19.9 Å². The van der Waals surface area contributed by atoms with Crippen molar-refractivity contribution in [3.05, 3.63) is 68.8 Å². The Balaban J connectivity index is 2.09. The minimum Gasteiger partial charge on any atom is -0.489 e. The third-order valence-electron chi connectivity index (χ3n) is 4.62. The van der Waals surface area contributed by atoms with Gasteiger partial charge in [0, 0.05) is 18.6 Å². The first-order valence-electron chi connectivity index (χ1n) is 10.0. The van der Waals surface area contributed by atoms with Crippen LogP contribution in [0.4, 0.5) is 10.5 Å². The Morgan fingerprint density at radius 3 is 2.16 bits per heavy atom. The van der Waals surface area contributed by atoms with Gasteiger partial charge in [-0.2, -0.15) is 0 Å². The summed E-state index contributed by atoms with van der Waals surface area (Å²) in [5.74, 6) is -0.567. The van der Waals surface area contributed by atoms with E-state index in [2.05, 4.69) is 5.32 Å². The van der Waals surface area contributed by atoms with Gasteiger partial charge in [-0.25, -0.2) is 9.59 Å². The summed E-state index contributed by atoms with van der Waals surface area (Å²) in [7, 11) is 0. The van der Waals surface area contributed by atoms with Crippen molar-refractivity contribution >= 4 is 17.7 Å². The number of hydrogen-bond acceptors (Lipinski definition) is 6. The van der Waals surface area contributed by atoms with E-state index >= 15 is 0 Å². The van der Waals surface area contributed by atoms with E-state index in [4.69, 9.17) is 9.47 Å². The Morgan fingerprint density at radius 2 is 1.69 bits per heavy atom. The number of carboxylic acids is 1. The van der Waals surface area contributed by atoms with Gasteiger partial charge in [-0.05, 0) is 81.1 Å². The lowest BCUT2D eigenvalue weighted by Crippen LogP contribution is -2.44. The molecule has 0 spiro atoms. The van der Waals surface area contributed by atoms with Crippen LogP contribution in [-0.2, 0) is 22.6 Å². The van der Waals surface area contributed by atoms with Crippen molar-refractivity contribution in [3.63, 3.8) is 0 Å². The lowest BCUT2D eigenvalue weighted by Gasteiger charge is -2.23. The molecule has 0 unspecified atom stereocenters. The second kappa shape index (κ2) is 10.1. The van der Waals surface area contributed by atoms with Gasteiger partial charge in [-0.1, -0.05) is 0 Å². The smallest absolute Gasteiger partial charge is 0.408 e. The minimum atomic E-state index is -1.16. The highest BCUT2D eigenvalue weighted by atomic mass is 16.6. The van der Waals surface area contributed by atoms with Gasteiger partial charge in [0.05, 0.1) is 4.92 Å². The molecule has 0 fully saturated rings. The number of carbonyl (C=O) groups is 2. The average molecular weight is 444 g/mol. The second-order valence-electron chi connectivity index (χ2n) is 8.49. The van der Waals surface area contributed by atoms with Crippen molar-refractivity contribution in [3.8, 4) is 5.75 Å². The molecule has 0 heterocycles. The molecule has 0 saturated carbocycles. The fraction of sp³-hybridized carbons (Fsp3) is 0.391. The summed E-state index contributed by atoms with van der Waals surface area (Å²) in [5.41, 5.74) is 2.49. The van der Waals surface area contributed by atoms with Crippen molar-refractivity contribution in [1.29, 1.82) is 0 Å². The van der Waals surface area contributed by atoms with Gasteiger partial charge in [0.25, 0.3) is 5.69 Å². The Labute approximate surface area is 186 Å². The molecule has 9 heteroatoms. The lowest BCUT2D eigenvalue weighted by atomic mass is 9.96. The standard InChI is InChI=1S/C23H28N2O7/c1-14-10-18(31-13-16-6-8-17(9-7-16)25(29)30)11-15(2)19(14)12-20(21(26)27)24-22(28)32-23(3,4)5/h6-11,20H,12-13H2,1-5H3,(H,24,28)(H,26,27)/t20-/m0/s1. The summed E-state index contributed by atoms with van der Waals surface area (Å²) in [4.78, 5) is 34.0. The summed E-state index contributed by atoms with van der Waals surface area (Å²) in [6.07, 6.45) is -0.697. The largest absolute Gasteiger partial charge is 0.489 e. The topological polar surface area (TPSA) is 128 Å². The predicted octanol–water partition coefficient (Wildman–Crippen LogP) is 4.31. The zero-order chi connectivity index (χ0) is 24.1. The van der Waals surface area contributed by atoms with E-state index < -0.39 is 28.6 Å². The van der Waals surface area contributed by atoms with E-state index in [9.17, 15) is 24.8 Å². The lowest BCUT2D eigenvalue weighted by molar-refractivity contribution is -0.384. The monoisotopic (exact) mass is 444 g/mol. The van der Waals surface area contributed by atoms with E-state index in [1.165, 1.54) is 12.1 Å². The summed E-state index contributed by atoms with van der Waals surface area (Å²) in [6.45, 7) is 9.01. The number of carbonyl (C=O) groups excluding carboxylic acids is 1. The Hall–Kier alpha value is -3.62. The maximum absolute atomic E-state index is 12.0. The molecular weight excluding hydrogens is 416 g/mol. The molecule has 0 radical (unpaired) electrons. The first kappa shape index (κ1) is 24.6. The number of nitro groups is 1. The molecule has 0 saturated heterocycles. The molecule has 1 amide bonds. The fourth-order valence-electron chi connectivity index (χ4n) is 3.09. The Bertz CT molecular complexity index is 971. The average Bonchev–Trinajstić information content (AvgIpc) is 2.67. The molecule has 172 valence electrons. The number of nitrogens with zero attached hydrogens (tertiary/aromatic N) is 1. The van der Waals surface area contributed by atoms with Crippen molar-refractivity contribution in [2.75, 3.05) is 0 Å². The SMILES string of the molecule is Cc1cc(OCc2ccc([N+](=O)[O-])cc2)cc(C)c1C[C@H](NC(=O)OC(C)(C)C)C(=O)O. The quantitative estimate of drug-likeness (QED) is 0.458. The zero-order valence-corrected chi connectivity index (χ0v) is 18.8. The highest BCUT2D eigenvalue weighted by Gasteiger charge is 2.25. The van der Waals surface area contributed by atoms with Crippen LogP contribution < -0.4 is 10.1 Å². The zero-order valence-electron chi connectivity index (χ0n) is 18.8. The van der Waals surface area contributed by atoms with Gasteiger partial charge in [0.1, 0.15) is 24.0 Å². The first-order chi connectivity index (χ1) is 14.9. The Kier molecular flexibility index (Phi) is 7.80. The maximum Gasteiger partial charge on any atom is 0.408 e. The number of hydrogen-bond donors (Lipinski definition) is 2. The third-order valence-corrected chi connectivity index (χ3v) is 4.62. The summed E-state index contributed by atoms with van der Waals surface area (Å²) in [6, 6.07) is 8.54. The molecular formula is C23H28N2O7. The maximum atomic E-state index is 12.0. The number of carboxylic acid groups (broad SMARTS) is 1. The highest BCUT2D eigenvalue weighted by Crippen LogP contribution is 2.24. The second-order valence-corrected chi connectivity index (χ2v) is 8.49. The van der Waals surface area contributed by atoms with E-state index in [1.807, 2.05) is 13.8 Å². The van der Waals surface area contributed by atoms with Gasteiger partial charge in [-0.15, -0.1) is 0 Å². The molecule has 0 aromatic heterocycles. The predicted molar refractivity (Wildman–Crippen MR) is 118 cm³/mol. The number of ether oxygens (including phenoxy) is 2. The van der Waals surface area contributed by atoms with E-state index in [0.29, 0.717) is 5.75 Å². The third kappa shape index (κ3) is 7.26. The molecule has 1 atom stereocenters. The van der Waals surface area contributed by atoms with Crippen LogP contribution in [0.25, 0.3) is 0 Å². The van der Waals surface area contributed by atoms with Crippen LogP contribution in [0.15, 0.2) is 36.4 Å². The van der Waals surface area contributed by atoms with Crippen LogP contribution in [0.2, 0.25) is 0 Å². The summed E-state index contributed by atoms with van der Waals surface area (Å²) in [5, 5.41) is 22.7. The summed E-state index contributed by atoms with van der Waals surface area (Å²) < 4.78 is 11.0. The number of benzene rings is 2. The Morgan fingerprint density at radius 1 is 1.12 bits per heavy atom. The molecule has 2 aromatic carbocycles. The molecule has 0 aliphatic rings. The number of rotatable bonds is 8. The van der Waals surface area contributed by atoms with Crippen molar-refractivity contribution in [2.45, 2.75) is 59.3 Å². The van der Waals surface area contributed by atoms with Crippen molar-refractivity contribution in [1.82, 2.24) is 5.32 Å². The number of nitro benzene ring substituents is 1. The van der Waals surface area contributed by atoms with Gasteiger partial charge in [0.15, 0.2) is 0 Å². The van der Waals surface area contributed by atoms with E-state index in [-0.39, 0.29) is 18.7 Å². The molecule has 0 aliphatic heterocycles. The molecule has 2 rings (SSSR count). The van der Waals surface area contributed by atoms with Gasteiger partial charge in [0.2, 0.25) is 0 Å². The number of alkyl carbamates (subject to hydrolysis) is 1. The van der Waals surface area contributed by atoms with Crippen LogP contribution in [0.3, 0.4) is 0 Å². The molecule has 0 aliphatic carbocycles. The number of nitrogens with one attached hydrogen (secondary N) is 1. The number of non-ortho nitro benzene ring substituents is 1. The first-order valence-corrected chi connectivity index (χ1v) is 10.0. The minimum absolute atomic E-state index is 0.0118. The van der Waals surface area contributed by atoms with E-state index in [1.54, 1.807) is 45.0 Å². The fourth-order valence-corrected chi connectivity index (χ4v) is 3.09. The number of aryl methyl sites for hydroxylation is 2. The number of aliphatic carboxylic acids is 1. The van der Waals surface area contributed by atoms with Gasteiger partial charge in [-0.3, -0.25) is 10.1 Å². The van der Waals surface area contributed by atoms with Crippen molar-refractivity contribution < 1.29 is 29.1 Å². The molecule has 2 aromatic rings. The highest BCUT2D eigenvalue weighted by molar-refractivity contribution is 5.80.